The van der Waals surface area contributed by atoms with Crippen molar-refractivity contribution >= 4 is 22.9 Å². The number of hydrogen-bond acceptors (Lipinski definition) is 4. The number of hydrogen-bond donors (Lipinski definition) is 1. The zero-order chi connectivity index (χ0) is 14.1. The number of aryl methyl sites for hydroxylation is 1. The summed E-state index contributed by atoms with van der Waals surface area (Å²) < 4.78 is 11.1. The Labute approximate surface area is 127 Å². The van der Waals surface area contributed by atoms with Crippen LogP contribution in [0.4, 0.5) is 0 Å². The second-order valence-corrected chi connectivity index (χ2v) is 6.01. The summed E-state index contributed by atoms with van der Waals surface area (Å²) in [5, 5.41) is 2.69. The van der Waals surface area contributed by atoms with Crippen molar-refractivity contribution in [2.24, 2.45) is 5.73 Å². The predicted octanol–water partition coefficient (Wildman–Crippen LogP) is 3.78. The van der Waals surface area contributed by atoms with Gasteiger partial charge in [0.25, 0.3) is 0 Å². The van der Waals surface area contributed by atoms with Gasteiger partial charge in [0.1, 0.15) is 13.2 Å². The van der Waals surface area contributed by atoms with Crippen molar-refractivity contribution in [1.29, 1.82) is 0 Å². The minimum Gasteiger partial charge on any atom is -0.486 e. The number of halogens is 1. The summed E-state index contributed by atoms with van der Waals surface area (Å²) in [6.07, 6.45) is 0.967. The second-order valence-electron chi connectivity index (χ2n) is 4.66. The van der Waals surface area contributed by atoms with Crippen LogP contribution < -0.4 is 15.2 Å². The number of benzene rings is 1. The van der Waals surface area contributed by atoms with Crippen molar-refractivity contribution in [2.75, 3.05) is 13.2 Å². The zero-order valence-electron chi connectivity index (χ0n) is 11.2. The van der Waals surface area contributed by atoms with Crippen molar-refractivity contribution in [1.82, 2.24) is 0 Å². The van der Waals surface area contributed by atoms with Crippen LogP contribution in [0.1, 0.15) is 29.0 Å². The quantitative estimate of drug-likeness (QED) is 0.938. The highest BCUT2D eigenvalue weighted by molar-refractivity contribution is 7.10. The lowest BCUT2D eigenvalue weighted by molar-refractivity contribution is 0.171. The number of nitrogens with two attached hydrogens (primary N) is 1. The Morgan fingerprint density at radius 1 is 1.30 bits per heavy atom. The first-order chi connectivity index (χ1) is 9.70. The molecule has 0 amide bonds. The molecule has 106 valence electrons. The molecule has 0 aliphatic carbocycles. The summed E-state index contributed by atoms with van der Waals surface area (Å²) in [5.74, 6) is 1.42. The molecule has 0 radical (unpaired) electrons. The van der Waals surface area contributed by atoms with Crippen molar-refractivity contribution < 1.29 is 9.47 Å². The molecule has 0 bridgehead atoms. The van der Waals surface area contributed by atoms with Gasteiger partial charge in [0.2, 0.25) is 0 Å². The molecule has 2 heterocycles. The van der Waals surface area contributed by atoms with E-state index in [1.54, 1.807) is 17.4 Å². The van der Waals surface area contributed by atoms with Gasteiger partial charge in [-0.2, -0.15) is 0 Å². The van der Waals surface area contributed by atoms with Gasteiger partial charge in [-0.1, -0.05) is 18.5 Å². The molecule has 2 aromatic rings. The third-order valence-electron chi connectivity index (χ3n) is 3.44. The molecule has 1 unspecified atom stereocenters. The van der Waals surface area contributed by atoms with Crippen LogP contribution in [0, 0.1) is 0 Å². The Hall–Kier alpha value is -1.23. The van der Waals surface area contributed by atoms with Crippen LogP contribution in [0.5, 0.6) is 11.5 Å². The van der Waals surface area contributed by atoms with Gasteiger partial charge < -0.3 is 15.2 Å². The van der Waals surface area contributed by atoms with E-state index in [-0.39, 0.29) is 6.04 Å². The highest BCUT2D eigenvalue weighted by atomic mass is 35.5. The monoisotopic (exact) mass is 309 g/mol. The lowest BCUT2D eigenvalue weighted by Gasteiger charge is -2.22. The molecule has 1 aromatic carbocycles. The minimum atomic E-state index is -0.228. The van der Waals surface area contributed by atoms with Gasteiger partial charge in [0.15, 0.2) is 11.5 Å². The normalized spacial score (nSPS) is 15.2. The zero-order valence-corrected chi connectivity index (χ0v) is 12.8. The Morgan fingerprint density at radius 2 is 2.00 bits per heavy atom. The summed E-state index contributed by atoms with van der Waals surface area (Å²) in [4.78, 5) is 1.16. The van der Waals surface area contributed by atoms with Crippen LogP contribution in [-0.4, -0.2) is 13.2 Å². The van der Waals surface area contributed by atoms with Gasteiger partial charge in [-0.3, -0.25) is 0 Å². The molecule has 3 rings (SSSR count). The van der Waals surface area contributed by atoms with Crippen LogP contribution in [0.3, 0.4) is 0 Å². The van der Waals surface area contributed by atoms with E-state index >= 15 is 0 Å². The van der Waals surface area contributed by atoms with Gasteiger partial charge in [0, 0.05) is 16.0 Å². The van der Waals surface area contributed by atoms with Crippen LogP contribution in [0.2, 0.25) is 5.02 Å². The Morgan fingerprint density at radius 3 is 2.70 bits per heavy atom. The van der Waals surface area contributed by atoms with Crippen molar-refractivity contribution in [3.63, 3.8) is 0 Å². The molecule has 0 spiro atoms. The second kappa shape index (κ2) is 5.64. The van der Waals surface area contributed by atoms with E-state index in [9.17, 15) is 0 Å². The highest BCUT2D eigenvalue weighted by Gasteiger charge is 2.21. The Balaban J connectivity index is 2.01. The molecular weight excluding hydrogens is 294 g/mol. The van der Waals surface area contributed by atoms with Gasteiger partial charge in [-0.25, -0.2) is 0 Å². The largest absolute Gasteiger partial charge is 0.486 e. The summed E-state index contributed by atoms with van der Waals surface area (Å²) in [5.41, 5.74) is 8.55. The van der Waals surface area contributed by atoms with Gasteiger partial charge >= 0.3 is 0 Å². The van der Waals surface area contributed by atoms with Crippen LogP contribution >= 0.6 is 22.9 Å². The maximum atomic E-state index is 6.40. The van der Waals surface area contributed by atoms with Crippen LogP contribution in [-0.2, 0) is 6.42 Å². The first-order valence-corrected chi connectivity index (χ1v) is 7.87. The molecule has 1 atom stereocenters. The molecule has 0 saturated carbocycles. The van der Waals surface area contributed by atoms with E-state index < -0.39 is 0 Å². The van der Waals surface area contributed by atoms with E-state index in [0.717, 1.165) is 22.6 Å². The van der Waals surface area contributed by atoms with Gasteiger partial charge in [-0.05, 0) is 35.1 Å². The molecule has 1 aliphatic heterocycles. The molecule has 2 N–H and O–H groups in total. The molecular formula is C15H16ClNO2S. The van der Waals surface area contributed by atoms with Crippen molar-refractivity contribution in [2.45, 2.75) is 19.4 Å². The molecule has 3 nitrogen and oxygen atoms in total. The fraction of sp³-hybridized carbons (Fsp3) is 0.333. The molecule has 1 aromatic heterocycles. The molecule has 20 heavy (non-hydrogen) atoms. The van der Waals surface area contributed by atoms with E-state index in [1.165, 1.54) is 5.56 Å². The maximum Gasteiger partial charge on any atom is 0.162 e. The summed E-state index contributed by atoms with van der Waals surface area (Å²) in [6, 6.07) is 5.59. The fourth-order valence-electron chi connectivity index (χ4n) is 2.37. The lowest BCUT2D eigenvalue weighted by Crippen LogP contribution is -2.17. The topological polar surface area (TPSA) is 44.5 Å². The van der Waals surface area contributed by atoms with E-state index in [4.69, 9.17) is 26.8 Å². The lowest BCUT2D eigenvalue weighted by atomic mass is 10.0. The molecule has 5 heteroatoms. The molecule has 0 fully saturated rings. The van der Waals surface area contributed by atoms with E-state index in [1.807, 2.05) is 6.07 Å². The van der Waals surface area contributed by atoms with Crippen LogP contribution in [0.25, 0.3) is 0 Å². The number of fused-ring (bicyclic) bond motifs is 1. The van der Waals surface area contributed by atoms with Gasteiger partial charge in [-0.15, -0.1) is 11.3 Å². The summed E-state index contributed by atoms with van der Waals surface area (Å²) in [7, 11) is 0. The standard InChI is InChI=1S/C15H16ClNO2S/c1-2-9-3-6-20-15(9)14(17)10-7-12-13(8-11(10)16)19-5-4-18-12/h3,6-8,14H,2,4-5,17H2,1H3. The first kappa shape index (κ1) is 13.7. The first-order valence-electron chi connectivity index (χ1n) is 6.61. The van der Waals surface area contributed by atoms with Gasteiger partial charge in [0.05, 0.1) is 6.04 Å². The number of ether oxygens (including phenoxy) is 2. The van der Waals surface area contributed by atoms with E-state index in [0.29, 0.717) is 24.0 Å². The number of thiophene rings is 1. The van der Waals surface area contributed by atoms with Crippen molar-refractivity contribution in [3.05, 3.63) is 44.6 Å². The number of rotatable bonds is 3. The SMILES string of the molecule is CCc1ccsc1C(N)c1cc2c(cc1Cl)OCCO2. The predicted molar refractivity (Wildman–Crippen MR) is 82.2 cm³/mol. The highest BCUT2D eigenvalue weighted by Crippen LogP contribution is 2.40. The van der Waals surface area contributed by atoms with Crippen molar-refractivity contribution in [3.8, 4) is 11.5 Å². The minimum absolute atomic E-state index is 0.228. The fourth-order valence-corrected chi connectivity index (χ4v) is 3.66. The maximum absolute atomic E-state index is 6.40. The molecule has 0 saturated heterocycles. The third kappa shape index (κ3) is 2.39. The Kier molecular flexibility index (Phi) is 3.87. The third-order valence-corrected chi connectivity index (χ3v) is 4.81. The molecule has 1 aliphatic rings. The van der Waals surface area contributed by atoms with E-state index in [2.05, 4.69) is 18.4 Å². The van der Waals surface area contributed by atoms with Crippen LogP contribution in [0.15, 0.2) is 23.6 Å². The summed E-state index contributed by atoms with van der Waals surface area (Å²) in [6.45, 7) is 3.24. The average Bonchev–Trinajstić information content (AvgIpc) is 2.94. The Bertz CT molecular complexity index is 626. The average molecular weight is 310 g/mol. The smallest absolute Gasteiger partial charge is 0.162 e. The summed E-state index contributed by atoms with van der Waals surface area (Å²) >= 11 is 8.03.